The molecule has 0 atom stereocenters. The van der Waals surface area contributed by atoms with Gasteiger partial charge in [0.15, 0.2) is 6.61 Å². The number of hydrogen-bond acceptors (Lipinski definition) is 4. The molecule has 0 aliphatic rings. The molecule has 0 saturated heterocycles. The fourth-order valence-corrected chi connectivity index (χ4v) is 4.44. The van der Waals surface area contributed by atoms with Crippen LogP contribution in [0.2, 0.25) is 10.0 Å². The molecular formula is C30H32Cl2N2O5. The van der Waals surface area contributed by atoms with Gasteiger partial charge in [0.2, 0.25) is 11.8 Å². The van der Waals surface area contributed by atoms with Crippen LogP contribution in [-0.4, -0.2) is 36.0 Å². The minimum absolute atomic E-state index is 0.0110. The van der Waals surface area contributed by atoms with E-state index < -0.39 is 12.6 Å². The maximum atomic E-state index is 13.0. The van der Waals surface area contributed by atoms with Gasteiger partial charge in [0.25, 0.3) is 0 Å². The molecule has 0 heterocycles. The molecule has 3 rings (SSSR count). The van der Waals surface area contributed by atoms with Gasteiger partial charge in [0.1, 0.15) is 5.75 Å². The molecule has 2 amide bonds. The number of carboxylic acids is 1. The summed E-state index contributed by atoms with van der Waals surface area (Å²) in [5, 5.41) is 12.3. The number of benzene rings is 3. The van der Waals surface area contributed by atoms with Crippen LogP contribution >= 0.6 is 23.2 Å². The Morgan fingerprint density at radius 1 is 0.897 bits per heavy atom. The molecule has 7 nitrogen and oxygen atoms in total. The van der Waals surface area contributed by atoms with Crippen molar-refractivity contribution in [3.8, 4) is 16.9 Å². The highest BCUT2D eigenvalue weighted by Crippen LogP contribution is 2.33. The van der Waals surface area contributed by atoms with E-state index in [2.05, 4.69) is 26.1 Å². The van der Waals surface area contributed by atoms with Crippen molar-refractivity contribution in [2.75, 3.05) is 23.4 Å². The number of carbonyl (C=O) groups excluding carboxylic acids is 2. The number of amides is 2. The van der Waals surface area contributed by atoms with E-state index >= 15 is 0 Å². The predicted octanol–water partition coefficient (Wildman–Crippen LogP) is 7.19. The van der Waals surface area contributed by atoms with Crippen LogP contribution in [0.4, 0.5) is 11.4 Å². The second-order valence-electron chi connectivity index (χ2n) is 10.0. The van der Waals surface area contributed by atoms with Gasteiger partial charge in [-0.1, -0.05) is 68.2 Å². The molecule has 0 saturated carbocycles. The number of nitrogens with one attached hydrogen (secondary N) is 1. The van der Waals surface area contributed by atoms with Crippen LogP contribution in [0.1, 0.15) is 46.1 Å². The van der Waals surface area contributed by atoms with Crippen LogP contribution in [0.25, 0.3) is 11.1 Å². The number of ether oxygens (including phenoxy) is 1. The second kappa shape index (κ2) is 13.0. The fourth-order valence-electron chi connectivity index (χ4n) is 3.93. The molecule has 0 radical (unpaired) electrons. The third-order valence-electron chi connectivity index (χ3n) is 6.08. The van der Waals surface area contributed by atoms with E-state index in [0.29, 0.717) is 33.7 Å². The summed E-state index contributed by atoms with van der Waals surface area (Å²) in [6, 6.07) is 17.8. The number of nitrogens with zero attached hydrogens (tertiary/aromatic N) is 1. The molecule has 0 unspecified atom stereocenters. The zero-order chi connectivity index (χ0) is 28.7. The lowest BCUT2D eigenvalue weighted by atomic mass is 9.87. The number of halogens is 2. The minimum atomic E-state index is -1.05. The van der Waals surface area contributed by atoms with Gasteiger partial charge in [-0.2, -0.15) is 0 Å². The first-order chi connectivity index (χ1) is 18.4. The molecule has 2 N–H and O–H groups in total. The third kappa shape index (κ3) is 8.22. The van der Waals surface area contributed by atoms with Crippen LogP contribution in [0, 0.1) is 0 Å². The van der Waals surface area contributed by atoms with Crippen LogP contribution in [-0.2, 0) is 19.8 Å². The Balaban J connectivity index is 1.60. The van der Waals surface area contributed by atoms with E-state index in [1.54, 1.807) is 41.3 Å². The number of carboxylic acid groups (broad SMARTS) is 1. The lowest BCUT2D eigenvalue weighted by Gasteiger charge is -2.25. The van der Waals surface area contributed by atoms with Crippen molar-refractivity contribution in [2.24, 2.45) is 0 Å². The molecule has 0 fully saturated rings. The van der Waals surface area contributed by atoms with Crippen molar-refractivity contribution in [1.29, 1.82) is 0 Å². The highest BCUT2D eigenvalue weighted by atomic mass is 35.5. The van der Waals surface area contributed by atoms with Gasteiger partial charge in [-0.3, -0.25) is 9.59 Å². The lowest BCUT2D eigenvalue weighted by molar-refractivity contribution is -0.139. The average molecular weight is 572 g/mol. The summed E-state index contributed by atoms with van der Waals surface area (Å²) < 4.78 is 5.15. The summed E-state index contributed by atoms with van der Waals surface area (Å²) in [6.07, 6.45) is 0.00589. The summed E-state index contributed by atoms with van der Waals surface area (Å²) in [5.41, 5.74) is 3.72. The van der Waals surface area contributed by atoms with Crippen molar-refractivity contribution >= 4 is 52.4 Å². The Morgan fingerprint density at radius 3 is 2.13 bits per heavy atom. The Kier molecular flexibility index (Phi) is 10.0. The summed E-state index contributed by atoms with van der Waals surface area (Å²) in [6.45, 7) is 8.16. The lowest BCUT2D eigenvalue weighted by Crippen LogP contribution is -2.31. The van der Waals surface area contributed by atoms with Crippen LogP contribution in [0.5, 0.6) is 5.75 Å². The molecule has 3 aromatic carbocycles. The van der Waals surface area contributed by atoms with E-state index in [-0.39, 0.29) is 30.1 Å². The van der Waals surface area contributed by atoms with Gasteiger partial charge < -0.3 is 20.1 Å². The van der Waals surface area contributed by atoms with Crippen LogP contribution in [0.3, 0.4) is 0 Å². The standard InChI is InChI=1S/C30H32Cl2N2O5/c1-5-34(26-13-9-21(17-24(26)32)30(2,3)4)28(36)15-14-27(35)33-25-12-8-20(16-23(25)31)19-6-10-22(11-7-19)39-18-29(37)38/h6-13,16-17H,5,14-15,18H2,1-4H3,(H,33,35)(H,37,38). The molecule has 0 aliphatic carbocycles. The largest absolute Gasteiger partial charge is 0.482 e. The van der Waals surface area contributed by atoms with Crippen LogP contribution < -0.4 is 15.0 Å². The van der Waals surface area contributed by atoms with Crippen molar-refractivity contribution in [2.45, 2.75) is 46.0 Å². The number of carbonyl (C=O) groups is 3. The smallest absolute Gasteiger partial charge is 0.341 e. The van der Waals surface area contributed by atoms with Gasteiger partial charge >= 0.3 is 5.97 Å². The number of aliphatic carboxylic acids is 1. The maximum absolute atomic E-state index is 13.0. The fraction of sp³-hybridized carbons (Fsp3) is 0.300. The summed E-state index contributed by atoms with van der Waals surface area (Å²) >= 11 is 12.9. The highest BCUT2D eigenvalue weighted by Gasteiger charge is 2.21. The van der Waals surface area contributed by atoms with Crippen molar-refractivity contribution in [3.63, 3.8) is 0 Å². The first-order valence-electron chi connectivity index (χ1n) is 12.5. The predicted molar refractivity (Wildman–Crippen MR) is 156 cm³/mol. The number of hydrogen-bond donors (Lipinski definition) is 2. The van der Waals surface area contributed by atoms with E-state index in [1.807, 2.05) is 31.2 Å². The first-order valence-corrected chi connectivity index (χ1v) is 13.3. The zero-order valence-corrected chi connectivity index (χ0v) is 23.9. The van der Waals surface area contributed by atoms with Gasteiger partial charge in [-0.25, -0.2) is 4.79 Å². The zero-order valence-electron chi connectivity index (χ0n) is 22.4. The molecule has 0 aliphatic heterocycles. The van der Waals surface area contributed by atoms with Crippen LogP contribution in [0.15, 0.2) is 60.7 Å². The van der Waals surface area contributed by atoms with Gasteiger partial charge in [0, 0.05) is 19.4 Å². The third-order valence-corrected chi connectivity index (χ3v) is 6.70. The van der Waals surface area contributed by atoms with Crippen molar-refractivity contribution < 1.29 is 24.2 Å². The molecule has 3 aromatic rings. The molecule has 9 heteroatoms. The van der Waals surface area contributed by atoms with Gasteiger partial charge in [-0.05, 0) is 65.4 Å². The maximum Gasteiger partial charge on any atom is 0.341 e. The molecule has 0 bridgehead atoms. The summed E-state index contributed by atoms with van der Waals surface area (Å²) in [5.74, 6) is -1.14. The average Bonchev–Trinajstić information content (AvgIpc) is 2.88. The first kappa shape index (κ1) is 30.0. The number of anilines is 2. The van der Waals surface area contributed by atoms with E-state index in [9.17, 15) is 14.4 Å². The molecule has 0 aromatic heterocycles. The molecule has 0 spiro atoms. The normalized spacial score (nSPS) is 11.1. The Bertz CT molecular complexity index is 1350. The topological polar surface area (TPSA) is 95.9 Å². The Hall–Kier alpha value is -3.55. The second-order valence-corrected chi connectivity index (χ2v) is 10.8. The van der Waals surface area contributed by atoms with Crippen molar-refractivity contribution in [3.05, 3.63) is 76.3 Å². The highest BCUT2D eigenvalue weighted by molar-refractivity contribution is 6.34. The van der Waals surface area contributed by atoms with Gasteiger partial charge in [0.05, 0.1) is 21.4 Å². The minimum Gasteiger partial charge on any atom is -0.482 e. The Labute approximate surface area is 238 Å². The summed E-state index contributed by atoms with van der Waals surface area (Å²) in [7, 11) is 0. The SMILES string of the molecule is CCN(C(=O)CCC(=O)Nc1ccc(-c2ccc(OCC(=O)O)cc2)cc1Cl)c1ccc(C(C)(C)C)cc1Cl. The number of rotatable bonds is 10. The Morgan fingerprint density at radius 2 is 1.56 bits per heavy atom. The quantitative estimate of drug-likeness (QED) is 0.269. The van der Waals surface area contributed by atoms with Crippen molar-refractivity contribution in [1.82, 2.24) is 0 Å². The van der Waals surface area contributed by atoms with Gasteiger partial charge in [-0.15, -0.1) is 0 Å². The van der Waals surface area contributed by atoms with E-state index in [4.69, 9.17) is 33.0 Å². The molecule has 206 valence electrons. The summed E-state index contributed by atoms with van der Waals surface area (Å²) in [4.78, 5) is 37.8. The molecule has 39 heavy (non-hydrogen) atoms. The van der Waals surface area contributed by atoms with E-state index in [0.717, 1.165) is 16.7 Å². The molecular weight excluding hydrogens is 539 g/mol. The van der Waals surface area contributed by atoms with E-state index in [1.165, 1.54) is 0 Å². The monoisotopic (exact) mass is 570 g/mol.